The molecule has 1 aromatic rings. The Kier molecular flexibility index (Phi) is 8.70. The highest BCUT2D eigenvalue weighted by Gasteiger charge is 2.09. The molecule has 0 aliphatic heterocycles. The SMILES string of the molecule is CCN(CC)CCCC(C)NC(=S)NC(=O)c1ccccc1. The molecule has 2 N–H and O–H groups in total. The van der Waals surface area contributed by atoms with Gasteiger partial charge in [-0.05, 0) is 63.8 Å². The normalized spacial score (nSPS) is 12.0. The maximum Gasteiger partial charge on any atom is 0.257 e. The second-order valence-electron chi connectivity index (χ2n) is 5.36. The van der Waals surface area contributed by atoms with Crippen molar-refractivity contribution in [2.75, 3.05) is 19.6 Å². The van der Waals surface area contributed by atoms with Gasteiger partial charge in [0.15, 0.2) is 5.11 Å². The van der Waals surface area contributed by atoms with Gasteiger partial charge in [-0.2, -0.15) is 0 Å². The molecule has 0 aromatic heterocycles. The molecule has 1 amide bonds. The first kappa shape index (κ1) is 18.6. The van der Waals surface area contributed by atoms with Gasteiger partial charge >= 0.3 is 0 Å². The zero-order valence-electron chi connectivity index (χ0n) is 13.8. The van der Waals surface area contributed by atoms with Gasteiger partial charge in [0.05, 0.1) is 0 Å². The van der Waals surface area contributed by atoms with Crippen molar-refractivity contribution in [1.29, 1.82) is 0 Å². The Morgan fingerprint density at radius 1 is 1.23 bits per heavy atom. The quantitative estimate of drug-likeness (QED) is 0.723. The fourth-order valence-electron chi connectivity index (χ4n) is 2.26. The Hall–Kier alpha value is -1.46. The van der Waals surface area contributed by atoms with E-state index in [0.717, 1.165) is 32.5 Å². The summed E-state index contributed by atoms with van der Waals surface area (Å²) >= 11 is 5.20. The van der Waals surface area contributed by atoms with Gasteiger partial charge < -0.3 is 10.2 Å². The molecule has 122 valence electrons. The number of nitrogens with zero attached hydrogens (tertiary/aromatic N) is 1. The number of benzene rings is 1. The Morgan fingerprint density at radius 3 is 2.45 bits per heavy atom. The monoisotopic (exact) mass is 321 g/mol. The van der Waals surface area contributed by atoms with Crippen LogP contribution in [0.5, 0.6) is 0 Å². The first-order chi connectivity index (χ1) is 10.6. The number of nitrogens with one attached hydrogen (secondary N) is 2. The van der Waals surface area contributed by atoms with Gasteiger partial charge in [0, 0.05) is 11.6 Å². The number of thiocarbonyl (C=S) groups is 1. The van der Waals surface area contributed by atoms with Gasteiger partial charge in [-0.1, -0.05) is 32.0 Å². The topological polar surface area (TPSA) is 44.4 Å². The third-order valence-corrected chi connectivity index (χ3v) is 3.87. The van der Waals surface area contributed by atoms with E-state index in [0.29, 0.717) is 10.7 Å². The van der Waals surface area contributed by atoms with Crippen LogP contribution in [0.25, 0.3) is 0 Å². The van der Waals surface area contributed by atoms with E-state index in [2.05, 4.69) is 36.3 Å². The van der Waals surface area contributed by atoms with Crippen LogP contribution in [0.3, 0.4) is 0 Å². The molecule has 0 saturated heterocycles. The van der Waals surface area contributed by atoms with Crippen LogP contribution in [-0.2, 0) is 0 Å². The van der Waals surface area contributed by atoms with Gasteiger partial charge in [-0.3, -0.25) is 10.1 Å². The van der Waals surface area contributed by atoms with Gasteiger partial charge in [-0.25, -0.2) is 0 Å². The maximum absolute atomic E-state index is 12.0. The van der Waals surface area contributed by atoms with Crippen molar-refractivity contribution in [2.45, 2.75) is 39.7 Å². The van der Waals surface area contributed by atoms with E-state index in [4.69, 9.17) is 12.2 Å². The highest BCUT2D eigenvalue weighted by Crippen LogP contribution is 2.01. The molecule has 0 heterocycles. The molecule has 1 aromatic carbocycles. The maximum atomic E-state index is 12.0. The first-order valence-corrected chi connectivity index (χ1v) is 8.36. The molecular weight excluding hydrogens is 294 g/mol. The highest BCUT2D eigenvalue weighted by atomic mass is 32.1. The van der Waals surface area contributed by atoms with Crippen LogP contribution in [0.2, 0.25) is 0 Å². The Labute approximate surface area is 139 Å². The summed E-state index contributed by atoms with van der Waals surface area (Å²) in [5.41, 5.74) is 0.612. The largest absolute Gasteiger partial charge is 0.360 e. The second kappa shape index (κ2) is 10.3. The fourth-order valence-corrected chi connectivity index (χ4v) is 2.55. The molecule has 0 radical (unpaired) electrons. The van der Waals surface area contributed by atoms with Crippen LogP contribution in [0, 0.1) is 0 Å². The van der Waals surface area contributed by atoms with Crippen molar-refractivity contribution in [1.82, 2.24) is 15.5 Å². The minimum absolute atomic E-state index is 0.173. The number of rotatable bonds is 8. The fraction of sp³-hybridized carbons (Fsp3) is 0.529. The van der Waals surface area contributed by atoms with E-state index in [9.17, 15) is 4.79 Å². The van der Waals surface area contributed by atoms with Crippen molar-refractivity contribution in [3.8, 4) is 0 Å². The number of amides is 1. The van der Waals surface area contributed by atoms with Gasteiger partial charge in [-0.15, -0.1) is 0 Å². The van der Waals surface area contributed by atoms with Crippen LogP contribution in [0.4, 0.5) is 0 Å². The Balaban J connectivity index is 2.28. The minimum Gasteiger partial charge on any atom is -0.360 e. The number of hydrogen-bond acceptors (Lipinski definition) is 3. The predicted molar refractivity (Wildman–Crippen MR) is 96.1 cm³/mol. The predicted octanol–water partition coefficient (Wildman–Crippen LogP) is 2.80. The van der Waals surface area contributed by atoms with Crippen LogP contribution in [0.1, 0.15) is 44.0 Å². The smallest absolute Gasteiger partial charge is 0.257 e. The van der Waals surface area contributed by atoms with Crippen LogP contribution in [-0.4, -0.2) is 41.6 Å². The number of carbonyl (C=O) groups is 1. The zero-order chi connectivity index (χ0) is 16.4. The summed E-state index contributed by atoms with van der Waals surface area (Å²) in [5, 5.41) is 6.28. The first-order valence-electron chi connectivity index (χ1n) is 7.96. The number of carbonyl (C=O) groups excluding carboxylic acids is 1. The third kappa shape index (κ3) is 7.00. The summed E-state index contributed by atoms with van der Waals surface area (Å²) in [6, 6.07) is 9.34. The second-order valence-corrected chi connectivity index (χ2v) is 5.77. The molecule has 0 spiro atoms. The summed E-state index contributed by atoms with van der Waals surface area (Å²) in [4.78, 5) is 14.4. The van der Waals surface area contributed by atoms with E-state index in [-0.39, 0.29) is 11.9 Å². The standard InChI is InChI=1S/C17H27N3OS/c1-4-20(5-2)13-9-10-14(3)18-17(22)19-16(21)15-11-7-6-8-12-15/h6-8,11-12,14H,4-5,9-10,13H2,1-3H3,(H2,18,19,21,22). The van der Waals surface area contributed by atoms with Crippen molar-refractivity contribution in [2.24, 2.45) is 0 Å². The Morgan fingerprint density at radius 2 is 1.86 bits per heavy atom. The lowest BCUT2D eigenvalue weighted by atomic mass is 10.2. The molecule has 4 nitrogen and oxygen atoms in total. The van der Waals surface area contributed by atoms with Gasteiger partial charge in [0.25, 0.3) is 5.91 Å². The summed E-state index contributed by atoms with van der Waals surface area (Å²) in [6.07, 6.45) is 2.14. The molecule has 0 aliphatic carbocycles. The lowest BCUT2D eigenvalue weighted by molar-refractivity contribution is 0.0976. The van der Waals surface area contributed by atoms with Gasteiger partial charge in [0.2, 0.25) is 0 Å². The van der Waals surface area contributed by atoms with E-state index in [1.807, 2.05) is 18.2 Å². The highest BCUT2D eigenvalue weighted by molar-refractivity contribution is 7.80. The molecule has 5 heteroatoms. The minimum atomic E-state index is -0.173. The molecule has 1 unspecified atom stereocenters. The lowest BCUT2D eigenvalue weighted by Crippen LogP contribution is -2.43. The third-order valence-electron chi connectivity index (χ3n) is 3.65. The summed E-state index contributed by atoms with van der Waals surface area (Å²) in [7, 11) is 0. The molecule has 0 aliphatic rings. The molecule has 1 atom stereocenters. The van der Waals surface area contributed by atoms with Crippen molar-refractivity contribution >= 4 is 23.2 Å². The molecule has 0 fully saturated rings. The number of hydrogen-bond donors (Lipinski definition) is 2. The van der Waals surface area contributed by atoms with Crippen molar-refractivity contribution < 1.29 is 4.79 Å². The van der Waals surface area contributed by atoms with Crippen LogP contribution >= 0.6 is 12.2 Å². The van der Waals surface area contributed by atoms with Crippen molar-refractivity contribution in [3.63, 3.8) is 0 Å². The van der Waals surface area contributed by atoms with Crippen LogP contribution < -0.4 is 10.6 Å². The Bertz CT molecular complexity index is 460. The van der Waals surface area contributed by atoms with Crippen LogP contribution in [0.15, 0.2) is 30.3 Å². The molecular formula is C17H27N3OS. The lowest BCUT2D eigenvalue weighted by Gasteiger charge is -2.20. The van der Waals surface area contributed by atoms with E-state index in [1.54, 1.807) is 12.1 Å². The van der Waals surface area contributed by atoms with Crippen molar-refractivity contribution in [3.05, 3.63) is 35.9 Å². The van der Waals surface area contributed by atoms with E-state index >= 15 is 0 Å². The average molecular weight is 321 g/mol. The zero-order valence-corrected chi connectivity index (χ0v) is 14.6. The molecule has 0 saturated carbocycles. The summed E-state index contributed by atoms with van der Waals surface area (Å²) < 4.78 is 0. The summed E-state index contributed by atoms with van der Waals surface area (Å²) in [5.74, 6) is -0.173. The summed E-state index contributed by atoms with van der Waals surface area (Å²) in [6.45, 7) is 9.72. The van der Waals surface area contributed by atoms with E-state index in [1.165, 1.54) is 0 Å². The molecule has 1 rings (SSSR count). The van der Waals surface area contributed by atoms with Gasteiger partial charge in [0.1, 0.15) is 0 Å². The molecule has 0 bridgehead atoms. The van der Waals surface area contributed by atoms with E-state index < -0.39 is 0 Å². The molecule has 22 heavy (non-hydrogen) atoms. The average Bonchev–Trinajstić information content (AvgIpc) is 2.52.